The standard InChI is InChI=1S/C15H23BrN2O/c1-12-4-3-8-18(12)15-6-5-13(10-14(15)16)11-17-7-9-19-2/h5-6,10,12,17H,3-4,7-9,11H2,1-2H3. The van der Waals surface area contributed by atoms with Gasteiger partial charge in [-0.15, -0.1) is 0 Å². The van der Waals surface area contributed by atoms with Crippen LogP contribution in [0.2, 0.25) is 0 Å². The van der Waals surface area contributed by atoms with Crippen LogP contribution in [0, 0.1) is 0 Å². The number of nitrogens with zero attached hydrogens (tertiary/aromatic N) is 1. The molecule has 1 heterocycles. The lowest BCUT2D eigenvalue weighted by Crippen LogP contribution is -2.26. The molecule has 1 atom stereocenters. The smallest absolute Gasteiger partial charge is 0.0587 e. The Morgan fingerprint density at radius 1 is 1.47 bits per heavy atom. The van der Waals surface area contributed by atoms with E-state index in [-0.39, 0.29) is 0 Å². The quantitative estimate of drug-likeness (QED) is 0.812. The van der Waals surface area contributed by atoms with Crippen molar-refractivity contribution in [1.29, 1.82) is 0 Å². The summed E-state index contributed by atoms with van der Waals surface area (Å²) in [5.41, 5.74) is 2.63. The van der Waals surface area contributed by atoms with Gasteiger partial charge in [-0.1, -0.05) is 6.07 Å². The Hall–Kier alpha value is -0.580. The SMILES string of the molecule is COCCNCc1ccc(N2CCCC2C)c(Br)c1. The minimum absolute atomic E-state index is 0.655. The highest BCUT2D eigenvalue weighted by Gasteiger charge is 2.22. The third kappa shape index (κ3) is 3.94. The van der Waals surface area contributed by atoms with Gasteiger partial charge in [0, 0.05) is 37.3 Å². The van der Waals surface area contributed by atoms with Crippen molar-refractivity contribution in [3.8, 4) is 0 Å². The molecule has 106 valence electrons. The van der Waals surface area contributed by atoms with Gasteiger partial charge in [-0.25, -0.2) is 0 Å². The molecule has 0 amide bonds. The molecule has 1 aliphatic heterocycles. The Kier molecular flexibility index (Phi) is 5.67. The van der Waals surface area contributed by atoms with E-state index in [1.807, 2.05) is 0 Å². The molecule has 4 heteroatoms. The molecule has 0 aliphatic carbocycles. The lowest BCUT2D eigenvalue weighted by Gasteiger charge is -2.25. The number of benzene rings is 1. The highest BCUT2D eigenvalue weighted by atomic mass is 79.9. The number of nitrogens with one attached hydrogen (secondary N) is 1. The van der Waals surface area contributed by atoms with E-state index in [2.05, 4.69) is 51.3 Å². The van der Waals surface area contributed by atoms with E-state index in [0.29, 0.717) is 6.04 Å². The number of ether oxygens (including phenoxy) is 1. The van der Waals surface area contributed by atoms with Crippen LogP contribution in [0.5, 0.6) is 0 Å². The molecule has 0 saturated carbocycles. The van der Waals surface area contributed by atoms with Gasteiger partial charge in [0.15, 0.2) is 0 Å². The van der Waals surface area contributed by atoms with Crippen LogP contribution in [0.4, 0.5) is 5.69 Å². The zero-order valence-corrected chi connectivity index (χ0v) is 13.4. The van der Waals surface area contributed by atoms with Crippen LogP contribution >= 0.6 is 15.9 Å². The molecule has 1 saturated heterocycles. The van der Waals surface area contributed by atoms with Gasteiger partial charge in [0.25, 0.3) is 0 Å². The van der Waals surface area contributed by atoms with Crippen LogP contribution in [-0.4, -0.2) is 32.8 Å². The van der Waals surface area contributed by atoms with E-state index in [1.165, 1.54) is 35.1 Å². The number of hydrogen-bond donors (Lipinski definition) is 1. The van der Waals surface area contributed by atoms with E-state index < -0.39 is 0 Å². The van der Waals surface area contributed by atoms with Crippen molar-refractivity contribution in [2.45, 2.75) is 32.4 Å². The van der Waals surface area contributed by atoms with Crippen molar-refractivity contribution < 1.29 is 4.74 Å². The van der Waals surface area contributed by atoms with Crippen LogP contribution in [-0.2, 0) is 11.3 Å². The summed E-state index contributed by atoms with van der Waals surface area (Å²) >= 11 is 3.71. The Morgan fingerprint density at radius 3 is 2.95 bits per heavy atom. The summed E-state index contributed by atoms with van der Waals surface area (Å²) in [6, 6.07) is 7.33. The highest BCUT2D eigenvalue weighted by Crippen LogP contribution is 2.32. The van der Waals surface area contributed by atoms with Crippen LogP contribution in [0.1, 0.15) is 25.3 Å². The van der Waals surface area contributed by atoms with Crippen LogP contribution in [0.3, 0.4) is 0 Å². The molecule has 1 aromatic carbocycles. The second kappa shape index (κ2) is 7.27. The van der Waals surface area contributed by atoms with E-state index in [9.17, 15) is 0 Å². The maximum absolute atomic E-state index is 5.02. The molecule has 1 aromatic rings. The molecule has 0 bridgehead atoms. The molecule has 3 nitrogen and oxygen atoms in total. The molecular formula is C15H23BrN2O. The van der Waals surface area contributed by atoms with Gasteiger partial charge in [-0.3, -0.25) is 0 Å². The molecule has 1 aliphatic rings. The van der Waals surface area contributed by atoms with Crippen LogP contribution in [0.15, 0.2) is 22.7 Å². The summed E-state index contributed by atoms with van der Waals surface area (Å²) in [4.78, 5) is 2.49. The predicted molar refractivity (Wildman–Crippen MR) is 83.8 cm³/mol. The van der Waals surface area contributed by atoms with Crippen molar-refractivity contribution in [2.75, 3.05) is 31.7 Å². The second-order valence-corrected chi connectivity index (χ2v) is 5.99. The molecule has 0 radical (unpaired) electrons. The number of anilines is 1. The minimum atomic E-state index is 0.655. The van der Waals surface area contributed by atoms with Crippen LogP contribution in [0.25, 0.3) is 0 Å². The zero-order valence-electron chi connectivity index (χ0n) is 11.8. The molecule has 1 fully saturated rings. The largest absolute Gasteiger partial charge is 0.383 e. The first-order valence-corrected chi connectivity index (χ1v) is 7.76. The third-order valence-electron chi connectivity index (χ3n) is 3.69. The van der Waals surface area contributed by atoms with Crippen molar-refractivity contribution in [3.05, 3.63) is 28.2 Å². The zero-order chi connectivity index (χ0) is 13.7. The fourth-order valence-electron chi connectivity index (χ4n) is 2.59. The van der Waals surface area contributed by atoms with Crippen LogP contribution < -0.4 is 10.2 Å². The van der Waals surface area contributed by atoms with Crippen molar-refractivity contribution in [3.63, 3.8) is 0 Å². The third-order valence-corrected chi connectivity index (χ3v) is 4.32. The summed E-state index contributed by atoms with van der Waals surface area (Å²) in [5, 5.41) is 3.37. The van der Waals surface area contributed by atoms with Crippen molar-refractivity contribution in [1.82, 2.24) is 5.32 Å². The number of halogens is 1. The summed E-state index contributed by atoms with van der Waals surface area (Å²) in [6.07, 6.45) is 2.60. The molecule has 0 aromatic heterocycles. The monoisotopic (exact) mass is 326 g/mol. The normalized spacial score (nSPS) is 19.1. The van der Waals surface area contributed by atoms with Gasteiger partial charge in [0.05, 0.1) is 12.3 Å². The van der Waals surface area contributed by atoms with Gasteiger partial charge in [-0.2, -0.15) is 0 Å². The molecule has 19 heavy (non-hydrogen) atoms. The van der Waals surface area contributed by atoms with E-state index in [1.54, 1.807) is 7.11 Å². The van der Waals surface area contributed by atoms with Gasteiger partial charge >= 0.3 is 0 Å². The second-order valence-electron chi connectivity index (χ2n) is 5.14. The topological polar surface area (TPSA) is 24.5 Å². The fraction of sp³-hybridized carbons (Fsp3) is 0.600. The minimum Gasteiger partial charge on any atom is -0.383 e. The first-order valence-electron chi connectivity index (χ1n) is 6.97. The average Bonchev–Trinajstić information content (AvgIpc) is 2.81. The molecule has 0 spiro atoms. The molecule has 2 rings (SSSR count). The summed E-state index contributed by atoms with van der Waals surface area (Å²) in [5.74, 6) is 0. The Labute approximate surface area is 124 Å². The van der Waals surface area contributed by atoms with Gasteiger partial charge in [0.2, 0.25) is 0 Å². The highest BCUT2D eigenvalue weighted by molar-refractivity contribution is 9.10. The predicted octanol–water partition coefficient (Wildman–Crippen LogP) is 3.17. The lowest BCUT2D eigenvalue weighted by molar-refractivity contribution is 0.199. The Balaban J connectivity index is 1.96. The number of methoxy groups -OCH3 is 1. The fourth-order valence-corrected chi connectivity index (χ4v) is 3.25. The van der Waals surface area contributed by atoms with Gasteiger partial charge in [-0.05, 0) is 53.4 Å². The maximum Gasteiger partial charge on any atom is 0.0587 e. The average molecular weight is 327 g/mol. The first-order chi connectivity index (χ1) is 9.22. The van der Waals surface area contributed by atoms with Gasteiger partial charge < -0.3 is 15.0 Å². The van der Waals surface area contributed by atoms with E-state index in [4.69, 9.17) is 4.74 Å². The van der Waals surface area contributed by atoms with Crippen molar-refractivity contribution >= 4 is 21.6 Å². The van der Waals surface area contributed by atoms with Crippen molar-refractivity contribution in [2.24, 2.45) is 0 Å². The summed E-state index contributed by atoms with van der Waals surface area (Å²) in [6.45, 7) is 6.01. The Bertz CT molecular complexity index is 411. The summed E-state index contributed by atoms with van der Waals surface area (Å²) in [7, 11) is 1.73. The first kappa shape index (κ1) is 14.8. The van der Waals surface area contributed by atoms with E-state index >= 15 is 0 Å². The molecular weight excluding hydrogens is 304 g/mol. The Morgan fingerprint density at radius 2 is 2.32 bits per heavy atom. The maximum atomic E-state index is 5.02. The number of hydrogen-bond acceptors (Lipinski definition) is 3. The van der Waals surface area contributed by atoms with E-state index in [0.717, 1.165) is 19.7 Å². The van der Waals surface area contributed by atoms with Gasteiger partial charge in [0.1, 0.15) is 0 Å². The molecule has 1 unspecified atom stereocenters. The molecule has 1 N–H and O–H groups in total. The lowest BCUT2D eigenvalue weighted by atomic mass is 10.2. The number of rotatable bonds is 6. The summed E-state index contributed by atoms with van der Waals surface area (Å²) < 4.78 is 6.22.